The maximum absolute atomic E-state index is 4.25. The minimum Gasteiger partial charge on any atom is -0.388 e. The number of hydrogen-bond acceptors (Lipinski definition) is 1. The Bertz CT molecular complexity index is 307. The van der Waals surface area contributed by atoms with Crippen LogP contribution in [0.4, 0.5) is 0 Å². The zero-order valence-electron chi connectivity index (χ0n) is 13.5. The second-order valence-corrected chi connectivity index (χ2v) is 4.10. The monoisotopic (exact) mass is 314 g/mol. The molecule has 126 valence electrons. The zero-order valence-corrected chi connectivity index (χ0v) is 14.4. The van der Waals surface area contributed by atoms with Gasteiger partial charge in [-0.2, -0.15) is 0 Å². The molecule has 0 amide bonds. The van der Waals surface area contributed by atoms with Gasteiger partial charge in [-0.05, 0) is 22.5 Å². The van der Waals surface area contributed by atoms with Crippen molar-refractivity contribution in [1.82, 2.24) is 0 Å². The fraction of sp³-hybridized carbons (Fsp3) is 0.421. The van der Waals surface area contributed by atoms with Crippen molar-refractivity contribution in [3.8, 4) is 0 Å². The van der Waals surface area contributed by atoms with Gasteiger partial charge in [0.25, 0.3) is 0 Å². The SMILES string of the molecule is C.C.CC.COC.C[SH+]C.[CH3-].c1ccc2ccccc2c1. The van der Waals surface area contributed by atoms with Crippen molar-refractivity contribution in [1.29, 1.82) is 0 Å². The van der Waals surface area contributed by atoms with Gasteiger partial charge in [0.1, 0.15) is 0 Å². The Labute approximate surface area is 139 Å². The van der Waals surface area contributed by atoms with Gasteiger partial charge >= 0.3 is 0 Å². The van der Waals surface area contributed by atoms with Gasteiger partial charge < -0.3 is 12.2 Å². The Hall–Kier alpha value is -0.990. The molecule has 0 bridgehead atoms. The van der Waals surface area contributed by atoms with E-state index in [2.05, 4.69) is 65.8 Å². The van der Waals surface area contributed by atoms with Gasteiger partial charge in [-0.1, -0.05) is 77.2 Å². The first-order valence-corrected chi connectivity index (χ1v) is 7.90. The molecule has 2 aromatic rings. The molecule has 0 aliphatic heterocycles. The molecule has 0 aliphatic rings. The summed E-state index contributed by atoms with van der Waals surface area (Å²) in [6.45, 7) is 4.00. The first kappa shape index (κ1) is 32.1. The summed E-state index contributed by atoms with van der Waals surface area (Å²) >= 11 is 1.42. The number of thiol groups is 1. The molecule has 0 radical (unpaired) electrons. The summed E-state index contributed by atoms with van der Waals surface area (Å²) in [5.41, 5.74) is 0. The van der Waals surface area contributed by atoms with E-state index in [0.29, 0.717) is 0 Å². The predicted octanol–water partition coefficient (Wildman–Crippen LogP) is 5.91. The second kappa shape index (κ2) is 27.4. The molecule has 0 heterocycles. The Kier molecular flexibility index (Phi) is 41.8. The number of methoxy groups -OCH3 is 1. The third-order valence-electron chi connectivity index (χ3n) is 1.66. The van der Waals surface area contributed by atoms with Gasteiger partial charge in [0.15, 0.2) is 0 Å². The van der Waals surface area contributed by atoms with Crippen LogP contribution in [0.25, 0.3) is 10.8 Å². The highest BCUT2D eigenvalue weighted by atomic mass is 32.2. The van der Waals surface area contributed by atoms with E-state index in [9.17, 15) is 0 Å². The lowest BCUT2D eigenvalue weighted by Crippen LogP contribution is -1.67. The van der Waals surface area contributed by atoms with Crippen LogP contribution in [0.1, 0.15) is 28.7 Å². The minimum atomic E-state index is 0. The normalized spacial score (nSPS) is 6.76. The van der Waals surface area contributed by atoms with Gasteiger partial charge in [-0.25, -0.2) is 0 Å². The molecule has 0 saturated heterocycles. The third kappa shape index (κ3) is 19.0. The second-order valence-electron chi connectivity index (χ2n) is 3.20. The molecule has 1 nitrogen and oxygen atoms in total. The van der Waals surface area contributed by atoms with E-state index in [-0.39, 0.29) is 22.3 Å². The quantitative estimate of drug-likeness (QED) is 0.333. The summed E-state index contributed by atoms with van der Waals surface area (Å²) in [6, 6.07) is 16.7. The van der Waals surface area contributed by atoms with Crippen LogP contribution < -0.4 is 0 Å². The maximum Gasteiger partial charge on any atom is 0.0949 e. The summed E-state index contributed by atoms with van der Waals surface area (Å²) in [7, 11) is 3.25. The average molecular weight is 315 g/mol. The van der Waals surface area contributed by atoms with Crippen LogP contribution in [0.5, 0.6) is 0 Å². The van der Waals surface area contributed by atoms with E-state index >= 15 is 0 Å². The number of hydrogen-bond donors (Lipinski definition) is 0. The highest BCUT2D eigenvalue weighted by Gasteiger charge is 1.85. The molecule has 21 heavy (non-hydrogen) atoms. The van der Waals surface area contributed by atoms with E-state index in [4.69, 9.17) is 0 Å². The van der Waals surface area contributed by atoms with Gasteiger partial charge in [-0.3, -0.25) is 0 Å². The Morgan fingerprint density at radius 1 is 0.714 bits per heavy atom. The minimum absolute atomic E-state index is 0. The van der Waals surface area contributed by atoms with Crippen molar-refractivity contribution in [2.24, 2.45) is 0 Å². The molecule has 0 spiro atoms. The van der Waals surface area contributed by atoms with Gasteiger partial charge in [-0.15, -0.1) is 0 Å². The number of rotatable bonds is 0. The third-order valence-corrected chi connectivity index (χ3v) is 1.66. The topological polar surface area (TPSA) is 9.23 Å². The lowest BCUT2D eigenvalue weighted by atomic mass is 10.1. The van der Waals surface area contributed by atoms with Crippen LogP contribution in [0.2, 0.25) is 0 Å². The molecule has 0 atom stereocenters. The number of benzene rings is 2. The molecule has 0 N–H and O–H groups in total. The Morgan fingerprint density at radius 2 is 0.857 bits per heavy atom. The number of fused-ring (bicyclic) bond motifs is 1. The lowest BCUT2D eigenvalue weighted by molar-refractivity contribution is 0.277. The van der Waals surface area contributed by atoms with Gasteiger partial charge in [0.2, 0.25) is 0 Å². The van der Waals surface area contributed by atoms with Crippen molar-refractivity contribution in [2.75, 3.05) is 26.7 Å². The molecule has 0 unspecified atom stereocenters. The van der Waals surface area contributed by atoms with E-state index in [1.165, 1.54) is 22.5 Å². The molecule has 2 heteroatoms. The molecule has 0 saturated carbocycles. The van der Waals surface area contributed by atoms with E-state index < -0.39 is 0 Å². The van der Waals surface area contributed by atoms with Crippen LogP contribution in [0.3, 0.4) is 0 Å². The Balaban J connectivity index is -0.0000000680. The molecule has 0 aromatic heterocycles. The van der Waals surface area contributed by atoms with Gasteiger partial charge in [0, 0.05) is 14.2 Å². The lowest BCUT2D eigenvalue weighted by Gasteiger charge is -1.92. The van der Waals surface area contributed by atoms with E-state index in [0.717, 1.165) is 0 Å². The standard InChI is InChI=1S/C10H8.C2H6O.C2H6S.C2H6.2CH4.CH3/c1-2-6-10-8-4-3-7-9(10)5-1;2*1-3-2;1-2;;;/h1-8H;2*1-2H3;1-2H3;2*1H4;1H3/q;;;;;;-1/p+1. The first-order valence-electron chi connectivity index (χ1n) is 6.12. The van der Waals surface area contributed by atoms with E-state index in [1.54, 1.807) is 14.2 Å². The van der Waals surface area contributed by atoms with Crippen LogP contribution in [-0.4, -0.2) is 26.7 Å². The highest BCUT2D eigenvalue weighted by Crippen LogP contribution is 2.11. The van der Waals surface area contributed by atoms with Crippen molar-refractivity contribution in [2.45, 2.75) is 28.7 Å². The molecule has 2 rings (SSSR count). The maximum atomic E-state index is 4.25. The van der Waals surface area contributed by atoms with Crippen LogP contribution in [0.15, 0.2) is 48.5 Å². The van der Waals surface area contributed by atoms with Crippen molar-refractivity contribution < 1.29 is 4.74 Å². The molecule has 0 aliphatic carbocycles. The molecule has 2 aromatic carbocycles. The van der Waals surface area contributed by atoms with Crippen LogP contribution in [0, 0.1) is 7.43 Å². The summed E-state index contributed by atoms with van der Waals surface area (Å²) < 4.78 is 4.25. The summed E-state index contributed by atoms with van der Waals surface area (Å²) in [5, 5.41) is 2.62. The summed E-state index contributed by atoms with van der Waals surface area (Å²) in [6.07, 6.45) is 4.19. The van der Waals surface area contributed by atoms with Gasteiger partial charge in [0.05, 0.1) is 12.5 Å². The van der Waals surface area contributed by atoms with Crippen LogP contribution >= 0.6 is 0 Å². The Morgan fingerprint density at radius 3 is 1.00 bits per heavy atom. The number of ether oxygens (including phenoxy) is 1. The molecular weight excluding hydrogens is 276 g/mol. The van der Waals surface area contributed by atoms with Crippen molar-refractivity contribution in [3.63, 3.8) is 0 Å². The smallest absolute Gasteiger partial charge is 0.0949 e. The molecular formula is C19H38OS. The van der Waals surface area contributed by atoms with Crippen LogP contribution in [-0.2, 0) is 16.5 Å². The highest BCUT2D eigenvalue weighted by molar-refractivity contribution is 7.76. The van der Waals surface area contributed by atoms with E-state index in [1.807, 2.05) is 13.8 Å². The fourth-order valence-corrected chi connectivity index (χ4v) is 1.13. The average Bonchev–Trinajstić information content (AvgIpc) is 2.43. The van der Waals surface area contributed by atoms with Crippen molar-refractivity contribution >= 4 is 22.5 Å². The zero-order chi connectivity index (χ0) is 14.2. The van der Waals surface area contributed by atoms with Crippen molar-refractivity contribution in [3.05, 3.63) is 56.0 Å². The molecule has 0 fully saturated rings. The first-order chi connectivity index (χ1) is 8.79. The summed E-state index contributed by atoms with van der Waals surface area (Å²) in [4.78, 5) is 0. The fourth-order valence-electron chi connectivity index (χ4n) is 1.13. The summed E-state index contributed by atoms with van der Waals surface area (Å²) in [5.74, 6) is 0. The largest absolute Gasteiger partial charge is 0.388 e. The predicted molar refractivity (Wildman–Crippen MR) is 109 cm³/mol.